The summed E-state index contributed by atoms with van der Waals surface area (Å²) in [4.78, 5) is 38.5. The Bertz CT molecular complexity index is 1830. The van der Waals surface area contributed by atoms with E-state index in [1.807, 2.05) is 0 Å². The molecule has 0 aliphatic carbocycles. The minimum absolute atomic E-state index is 0.214. The van der Waals surface area contributed by atoms with Gasteiger partial charge < -0.3 is 100 Å². The summed E-state index contributed by atoms with van der Waals surface area (Å²) >= 11 is 0. The van der Waals surface area contributed by atoms with Crippen LogP contribution < -0.4 is 10.6 Å². The number of carbonyl (C=O) groups excluding carboxylic acids is 2. The third kappa shape index (κ3) is 27.5. The maximum Gasteiger partial charge on any atom is 0.364 e. The van der Waals surface area contributed by atoms with Crippen molar-refractivity contribution < 1.29 is 104 Å². The van der Waals surface area contributed by atoms with Crippen LogP contribution in [-0.2, 0) is 42.8 Å². The van der Waals surface area contributed by atoms with Crippen LogP contribution in [0.5, 0.6) is 0 Å². The van der Waals surface area contributed by atoms with Crippen LogP contribution in [0.25, 0.3) is 0 Å². The number of aliphatic carboxylic acids is 1. The topological polar surface area (TPSA) is 373 Å². The Morgan fingerprint density at radius 1 is 0.612 bits per heavy atom. The van der Waals surface area contributed by atoms with Gasteiger partial charge >= 0.3 is 5.97 Å². The van der Waals surface area contributed by atoms with E-state index in [0.717, 1.165) is 90.4 Å². The Morgan fingerprint density at radius 2 is 1.13 bits per heavy atom. The second-order valence-electron chi connectivity index (χ2n) is 23.6. The van der Waals surface area contributed by atoms with Crippen molar-refractivity contribution in [3.8, 4) is 0 Å². The molecule has 18 atom stereocenters. The summed E-state index contributed by atoms with van der Waals surface area (Å²) in [6, 6.07) is -2.53. The predicted octanol–water partition coefficient (Wildman–Crippen LogP) is 4.11. The molecule has 14 N–H and O–H groups in total. The van der Waals surface area contributed by atoms with Crippen LogP contribution >= 0.6 is 0 Å². The van der Waals surface area contributed by atoms with Crippen molar-refractivity contribution in [2.24, 2.45) is 0 Å². The first-order valence-corrected chi connectivity index (χ1v) is 32.2. The fraction of sp³-hybridized carbons (Fsp3) is 0.887. The number of unbranched alkanes of at least 4 members (excludes halogenated alkanes) is 23. The number of carboxylic acid groups (broad SMARTS) is 1. The van der Waals surface area contributed by atoms with Gasteiger partial charge in [0.2, 0.25) is 11.8 Å². The molecule has 3 fully saturated rings. The highest BCUT2D eigenvalue weighted by atomic mass is 16.8. The van der Waals surface area contributed by atoms with Crippen molar-refractivity contribution >= 4 is 17.8 Å². The van der Waals surface area contributed by atoms with Crippen molar-refractivity contribution in [3.63, 3.8) is 0 Å². The van der Waals surface area contributed by atoms with Crippen molar-refractivity contribution in [2.75, 3.05) is 26.4 Å². The summed E-state index contributed by atoms with van der Waals surface area (Å²) in [5.41, 5.74) is 0. The van der Waals surface area contributed by atoms with Crippen molar-refractivity contribution in [2.45, 2.75) is 323 Å². The lowest BCUT2D eigenvalue weighted by Crippen LogP contribution is -2.70. The number of carbonyl (C=O) groups is 3. The molecule has 3 rings (SSSR count). The maximum atomic E-state index is 13.4. The zero-order chi connectivity index (χ0) is 62.6. The summed E-state index contributed by atoms with van der Waals surface area (Å²) in [5, 5.41) is 136. The summed E-state index contributed by atoms with van der Waals surface area (Å²) in [6.45, 7) is 2.14. The van der Waals surface area contributed by atoms with E-state index in [1.165, 1.54) is 77.0 Å². The molecule has 3 saturated heterocycles. The van der Waals surface area contributed by atoms with Crippen LogP contribution in [0.1, 0.15) is 213 Å². The lowest BCUT2D eigenvalue weighted by molar-refractivity contribution is -0.386. The van der Waals surface area contributed by atoms with E-state index in [1.54, 1.807) is 0 Å². The molecule has 0 spiro atoms. The largest absolute Gasteiger partial charge is 0.477 e. The van der Waals surface area contributed by atoms with Gasteiger partial charge in [0.25, 0.3) is 5.79 Å². The lowest BCUT2D eigenvalue weighted by atomic mass is 9.88. The Morgan fingerprint density at radius 3 is 1.67 bits per heavy atom. The van der Waals surface area contributed by atoms with Gasteiger partial charge in [0.15, 0.2) is 12.6 Å². The van der Waals surface area contributed by atoms with Crippen LogP contribution in [0.15, 0.2) is 24.3 Å². The highest BCUT2D eigenvalue weighted by Crippen LogP contribution is 2.38. The van der Waals surface area contributed by atoms with Gasteiger partial charge in [0.05, 0.1) is 50.7 Å². The molecule has 0 aromatic heterocycles. The SMILES string of the molecule is CCCCC/C=C\C/C=C\CCCCCCCCCC(=O)NC(COC1OC(CO)C(OC2OC(CO)C(O)C(OC3(C(=O)O)CC(O)C(NC(C)=O)C(C(O)C(O)CO)O3)C2O)C(O)C1O)C(O)CCCCCCCCCCCCCCCC. The highest BCUT2D eigenvalue weighted by Gasteiger charge is 2.60. The average molecular weight is 1220 g/mol. The second kappa shape index (κ2) is 43.8. The molecule has 23 nitrogen and oxygen atoms in total. The van der Waals surface area contributed by atoms with E-state index in [0.29, 0.717) is 19.3 Å². The van der Waals surface area contributed by atoms with Crippen LogP contribution in [0, 0.1) is 0 Å². The second-order valence-corrected chi connectivity index (χ2v) is 23.6. The normalized spacial score (nSPS) is 29.7. The summed E-state index contributed by atoms with van der Waals surface area (Å²) in [6.07, 6.45) is 10.4. The van der Waals surface area contributed by atoms with Gasteiger partial charge in [-0.1, -0.05) is 173 Å². The fourth-order valence-corrected chi connectivity index (χ4v) is 11.2. The minimum atomic E-state index is -3.08. The molecule has 496 valence electrons. The number of aliphatic hydroxyl groups is 11. The van der Waals surface area contributed by atoms with E-state index in [4.69, 9.17) is 28.4 Å². The van der Waals surface area contributed by atoms with Crippen LogP contribution in [0.3, 0.4) is 0 Å². The molecule has 18 unspecified atom stereocenters. The van der Waals surface area contributed by atoms with Gasteiger partial charge in [-0.25, -0.2) is 4.79 Å². The summed E-state index contributed by atoms with van der Waals surface area (Å²) in [5.74, 6) is -6.11. The molecule has 3 heterocycles. The molecule has 0 aromatic carbocycles. The third-order valence-electron chi connectivity index (χ3n) is 16.4. The molecular formula is C62H112N2O21. The van der Waals surface area contributed by atoms with Gasteiger partial charge in [-0.3, -0.25) is 9.59 Å². The molecule has 0 radical (unpaired) electrons. The minimum Gasteiger partial charge on any atom is -0.477 e. The number of aliphatic hydroxyl groups excluding tert-OH is 11. The molecule has 0 saturated carbocycles. The van der Waals surface area contributed by atoms with E-state index in [9.17, 15) is 75.7 Å². The van der Waals surface area contributed by atoms with E-state index in [-0.39, 0.29) is 18.9 Å². The number of nitrogens with one attached hydrogen (secondary N) is 2. The number of hydrogen-bond donors (Lipinski definition) is 14. The van der Waals surface area contributed by atoms with E-state index < -0.39 is 148 Å². The Kier molecular flexibility index (Phi) is 39.4. The number of amides is 2. The van der Waals surface area contributed by atoms with Gasteiger partial charge in [-0.05, 0) is 44.9 Å². The van der Waals surface area contributed by atoms with Crippen molar-refractivity contribution in [1.82, 2.24) is 10.6 Å². The molecule has 0 bridgehead atoms. The first kappa shape index (κ1) is 76.5. The maximum absolute atomic E-state index is 13.4. The third-order valence-corrected chi connectivity index (χ3v) is 16.4. The number of rotatable bonds is 47. The molecule has 2 amide bonds. The lowest BCUT2D eigenvalue weighted by Gasteiger charge is -2.50. The monoisotopic (exact) mass is 1220 g/mol. The number of allylic oxidation sites excluding steroid dienone is 4. The summed E-state index contributed by atoms with van der Waals surface area (Å²) < 4.78 is 34.8. The average Bonchev–Trinajstić information content (AvgIpc) is 1.58. The van der Waals surface area contributed by atoms with E-state index in [2.05, 4.69) is 48.8 Å². The van der Waals surface area contributed by atoms with Gasteiger partial charge in [0, 0.05) is 19.8 Å². The fourth-order valence-electron chi connectivity index (χ4n) is 11.2. The Labute approximate surface area is 504 Å². The molecule has 0 aromatic rings. The highest BCUT2D eigenvalue weighted by molar-refractivity contribution is 5.77. The number of carboxylic acids is 1. The van der Waals surface area contributed by atoms with Gasteiger partial charge in [-0.15, -0.1) is 0 Å². The van der Waals surface area contributed by atoms with Gasteiger partial charge in [-0.2, -0.15) is 0 Å². The zero-order valence-electron chi connectivity index (χ0n) is 51.2. The van der Waals surface area contributed by atoms with Gasteiger partial charge in [0.1, 0.15) is 67.1 Å². The molecule has 3 aliphatic heterocycles. The van der Waals surface area contributed by atoms with Crippen LogP contribution in [0.4, 0.5) is 0 Å². The number of ether oxygens (including phenoxy) is 6. The van der Waals surface area contributed by atoms with Crippen LogP contribution in [0.2, 0.25) is 0 Å². The number of hydrogen-bond acceptors (Lipinski definition) is 20. The molecular weight excluding hydrogens is 1110 g/mol. The Hall–Kier alpha value is -2.79. The summed E-state index contributed by atoms with van der Waals surface area (Å²) in [7, 11) is 0. The first-order chi connectivity index (χ1) is 40.9. The Balaban J connectivity index is 1.64. The standard InChI is InChI=1S/C62H112N2O21/c1-4-6-8-10-12-14-16-18-20-21-22-24-26-28-30-32-34-36-49(72)64-43(44(69)35-33-31-29-27-25-23-19-17-15-13-11-9-7-5-2)41-80-59-54(76)53(75)56(48(40-67)82-59)83-60-55(77)58(52(74)47(39-66)81-60)85-62(61(78)79)37-45(70)50(63-42(3)68)57(84-62)51(73)46(71)38-65/h12,14,18,20,43-48,50-60,65-67,69-71,73-77H,4-11,13,15-17,19,21-41H2,1-3H3,(H,63,68)(H,64,72)(H,78,79)/b14-12-,20-18-. The molecule has 23 heteroatoms. The van der Waals surface area contributed by atoms with Crippen molar-refractivity contribution in [3.05, 3.63) is 24.3 Å². The predicted molar refractivity (Wildman–Crippen MR) is 315 cm³/mol. The van der Waals surface area contributed by atoms with Crippen molar-refractivity contribution in [1.29, 1.82) is 0 Å². The van der Waals surface area contributed by atoms with E-state index >= 15 is 0 Å². The van der Waals surface area contributed by atoms with Crippen LogP contribution in [-0.4, -0.2) is 215 Å². The molecule has 85 heavy (non-hydrogen) atoms. The smallest absolute Gasteiger partial charge is 0.364 e. The first-order valence-electron chi connectivity index (χ1n) is 32.2. The zero-order valence-corrected chi connectivity index (χ0v) is 51.2. The quantitative estimate of drug-likeness (QED) is 0.0301. The molecule has 3 aliphatic rings.